The standard InChI is InChI=1S/C17H11F2N3O4/c18-11-3-2-10(7-12(11)19)16(23)20-17-22-21-15(26-17)6-9-1-4-13-14(5-9)25-8-24-13/h1-5,7H,6,8H2,(H,20,22,23). The van der Waals surface area contributed by atoms with Crippen LogP contribution >= 0.6 is 0 Å². The number of amides is 1. The Morgan fingerprint density at radius 1 is 1.04 bits per heavy atom. The molecule has 9 heteroatoms. The Bertz CT molecular complexity index is 990. The second-order valence-corrected chi connectivity index (χ2v) is 5.45. The number of aromatic nitrogens is 2. The molecule has 1 aliphatic rings. The molecule has 1 N–H and O–H groups in total. The molecule has 3 aromatic rings. The molecule has 0 atom stereocenters. The SMILES string of the molecule is O=C(Nc1nnc(Cc2ccc3c(c2)OCO3)o1)c1ccc(F)c(F)c1. The molecule has 0 bridgehead atoms. The maximum Gasteiger partial charge on any atom is 0.322 e. The summed E-state index contributed by atoms with van der Waals surface area (Å²) in [4.78, 5) is 12.0. The van der Waals surface area contributed by atoms with Gasteiger partial charge >= 0.3 is 6.01 Å². The highest BCUT2D eigenvalue weighted by Crippen LogP contribution is 2.33. The zero-order valence-electron chi connectivity index (χ0n) is 13.2. The second kappa shape index (κ2) is 6.43. The highest BCUT2D eigenvalue weighted by atomic mass is 19.2. The Balaban J connectivity index is 1.44. The molecule has 2 aromatic carbocycles. The van der Waals surface area contributed by atoms with Gasteiger partial charge in [-0.1, -0.05) is 11.2 Å². The van der Waals surface area contributed by atoms with E-state index >= 15 is 0 Å². The van der Waals surface area contributed by atoms with Crippen LogP contribution in [0, 0.1) is 11.6 Å². The van der Waals surface area contributed by atoms with Crippen LogP contribution in [-0.4, -0.2) is 22.9 Å². The number of fused-ring (bicyclic) bond motifs is 1. The van der Waals surface area contributed by atoms with Gasteiger partial charge in [-0.3, -0.25) is 10.1 Å². The molecule has 4 rings (SSSR count). The van der Waals surface area contributed by atoms with Crippen LogP contribution < -0.4 is 14.8 Å². The van der Waals surface area contributed by atoms with E-state index < -0.39 is 17.5 Å². The van der Waals surface area contributed by atoms with Crippen molar-refractivity contribution < 1.29 is 27.5 Å². The van der Waals surface area contributed by atoms with E-state index in [2.05, 4.69) is 15.5 Å². The fourth-order valence-corrected chi connectivity index (χ4v) is 2.41. The first-order valence-corrected chi connectivity index (χ1v) is 7.56. The van der Waals surface area contributed by atoms with Crippen LogP contribution in [0.25, 0.3) is 0 Å². The molecule has 0 spiro atoms. The number of hydrogen-bond acceptors (Lipinski definition) is 6. The Morgan fingerprint density at radius 3 is 2.73 bits per heavy atom. The predicted octanol–water partition coefficient (Wildman–Crippen LogP) is 2.92. The molecule has 1 aromatic heterocycles. The average molecular weight is 359 g/mol. The van der Waals surface area contributed by atoms with Gasteiger partial charge in [0.2, 0.25) is 12.7 Å². The number of hydrogen-bond donors (Lipinski definition) is 1. The molecular weight excluding hydrogens is 348 g/mol. The minimum Gasteiger partial charge on any atom is -0.454 e. The number of ether oxygens (including phenoxy) is 2. The maximum atomic E-state index is 13.2. The molecule has 26 heavy (non-hydrogen) atoms. The van der Waals surface area contributed by atoms with Gasteiger partial charge in [0, 0.05) is 5.56 Å². The van der Waals surface area contributed by atoms with E-state index in [-0.39, 0.29) is 24.3 Å². The zero-order valence-corrected chi connectivity index (χ0v) is 13.2. The fraction of sp³-hybridized carbons (Fsp3) is 0.118. The van der Waals surface area contributed by atoms with Gasteiger partial charge in [-0.25, -0.2) is 8.78 Å². The summed E-state index contributed by atoms with van der Waals surface area (Å²) in [6, 6.07) is 8.06. The summed E-state index contributed by atoms with van der Waals surface area (Å²) in [5.74, 6) is -1.28. The van der Waals surface area contributed by atoms with Crippen LogP contribution in [0.2, 0.25) is 0 Å². The molecule has 1 aliphatic heterocycles. The molecule has 7 nitrogen and oxygen atoms in total. The molecule has 0 saturated heterocycles. The lowest BCUT2D eigenvalue weighted by Crippen LogP contribution is -2.12. The first-order chi connectivity index (χ1) is 12.6. The van der Waals surface area contributed by atoms with Crippen LogP contribution in [0.1, 0.15) is 21.8 Å². The molecule has 0 saturated carbocycles. The number of halogens is 2. The van der Waals surface area contributed by atoms with Crippen molar-refractivity contribution in [1.82, 2.24) is 10.2 Å². The minimum absolute atomic E-state index is 0.0700. The number of carbonyl (C=O) groups excluding carboxylic acids is 1. The summed E-state index contributed by atoms with van der Waals surface area (Å²) in [7, 11) is 0. The van der Waals surface area contributed by atoms with Gasteiger partial charge < -0.3 is 13.9 Å². The third-order valence-corrected chi connectivity index (χ3v) is 3.66. The quantitative estimate of drug-likeness (QED) is 0.771. The van der Waals surface area contributed by atoms with Crippen molar-refractivity contribution in [3.63, 3.8) is 0 Å². The Labute approximate surface area is 145 Å². The molecule has 0 unspecified atom stereocenters. The van der Waals surface area contributed by atoms with Crippen molar-refractivity contribution in [3.8, 4) is 11.5 Å². The van der Waals surface area contributed by atoms with Gasteiger partial charge in [-0.05, 0) is 35.9 Å². The molecule has 1 amide bonds. The predicted molar refractivity (Wildman–Crippen MR) is 84.0 cm³/mol. The van der Waals surface area contributed by atoms with E-state index in [0.717, 1.165) is 23.8 Å². The van der Waals surface area contributed by atoms with Gasteiger partial charge in [0.15, 0.2) is 23.1 Å². The third kappa shape index (κ3) is 3.18. The van der Waals surface area contributed by atoms with E-state index in [1.54, 1.807) is 12.1 Å². The van der Waals surface area contributed by atoms with Crippen molar-refractivity contribution in [2.24, 2.45) is 0 Å². The third-order valence-electron chi connectivity index (χ3n) is 3.66. The van der Waals surface area contributed by atoms with Crippen LogP contribution in [0.4, 0.5) is 14.8 Å². The molecule has 0 fully saturated rings. The number of nitrogens with zero attached hydrogens (tertiary/aromatic N) is 2. The number of rotatable bonds is 4. The van der Waals surface area contributed by atoms with Crippen LogP contribution in [0.5, 0.6) is 11.5 Å². The first kappa shape index (κ1) is 16.0. The van der Waals surface area contributed by atoms with E-state index in [4.69, 9.17) is 13.9 Å². The van der Waals surface area contributed by atoms with Gasteiger partial charge in [0.25, 0.3) is 5.91 Å². The Kier molecular flexibility index (Phi) is 3.96. The van der Waals surface area contributed by atoms with E-state index in [1.807, 2.05) is 6.07 Å². The highest BCUT2D eigenvalue weighted by molar-refractivity contribution is 6.03. The number of nitrogens with one attached hydrogen (secondary N) is 1. The minimum atomic E-state index is -1.12. The van der Waals surface area contributed by atoms with Crippen LogP contribution in [0.15, 0.2) is 40.8 Å². The van der Waals surface area contributed by atoms with E-state index in [9.17, 15) is 13.6 Å². The largest absolute Gasteiger partial charge is 0.454 e. The molecule has 132 valence electrons. The van der Waals surface area contributed by atoms with Crippen molar-refractivity contribution in [2.45, 2.75) is 6.42 Å². The van der Waals surface area contributed by atoms with Crippen molar-refractivity contribution >= 4 is 11.9 Å². The van der Waals surface area contributed by atoms with Gasteiger partial charge in [-0.2, -0.15) is 0 Å². The van der Waals surface area contributed by atoms with Gasteiger partial charge in [0.05, 0.1) is 6.42 Å². The highest BCUT2D eigenvalue weighted by Gasteiger charge is 2.16. The summed E-state index contributed by atoms with van der Waals surface area (Å²) in [5, 5.41) is 9.90. The molecule has 0 radical (unpaired) electrons. The van der Waals surface area contributed by atoms with Crippen molar-refractivity contribution in [1.29, 1.82) is 0 Å². The van der Waals surface area contributed by atoms with E-state index in [0.29, 0.717) is 17.9 Å². The Morgan fingerprint density at radius 2 is 1.88 bits per heavy atom. The summed E-state index contributed by atoms with van der Waals surface area (Å²) in [5.41, 5.74) is 0.788. The molecule has 0 aliphatic carbocycles. The number of anilines is 1. The lowest BCUT2D eigenvalue weighted by molar-refractivity contribution is 0.102. The lowest BCUT2D eigenvalue weighted by atomic mass is 10.1. The fourth-order valence-electron chi connectivity index (χ4n) is 2.41. The smallest absolute Gasteiger partial charge is 0.322 e. The van der Waals surface area contributed by atoms with Crippen molar-refractivity contribution in [3.05, 3.63) is 65.1 Å². The van der Waals surface area contributed by atoms with Crippen LogP contribution in [-0.2, 0) is 6.42 Å². The summed E-state index contributed by atoms with van der Waals surface area (Å²) >= 11 is 0. The number of benzene rings is 2. The van der Waals surface area contributed by atoms with Gasteiger partial charge in [-0.15, -0.1) is 5.10 Å². The maximum absolute atomic E-state index is 13.2. The summed E-state index contributed by atoms with van der Waals surface area (Å²) in [6.07, 6.45) is 0.324. The molecular formula is C17H11F2N3O4. The summed E-state index contributed by atoms with van der Waals surface area (Å²) in [6.45, 7) is 0.180. The van der Waals surface area contributed by atoms with E-state index in [1.165, 1.54) is 0 Å². The first-order valence-electron chi connectivity index (χ1n) is 7.56. The summed E-state index contributed by atoms with van der Waals surface area (Å²) < 4.78 is 42.0. The number of carbonyl (C=O) groups is 1. The van der Waals surface area contributed by atoms with Crippen molar-refractivity contribution in [2.75, 3.05) is 12.1 Å². The Hall–Kier alpha value is -3.49. The van der Waals surface area contributed by atoms with Crippen LogP contribution in [0.3, 0.4) is 0 Å². The monoisotopic (exact) mass is 359 g/mol. The van der Waals surface area contributed by atoms with Gasteiger partial charge in [0.1, 0.15) is 0 Å². The topological polar surface area (TPSA) is 86.5 Å². The zero-order chi connectivity index (χ0) is 18.1. The normalized spacial score (nSPS) is 12.2. The lowest BCUT2D eigenvalue weighted by Gasteiger charge is -2.01. The second-order valence-electron chi connectivity index (χ2n) is 5.45. The average Bonchev–Trinajstić information content (AvgIpc) is 3.26. The molecule has 2 heterocycles.